The number of carbonyl (C=O) groups excluding carboxylic acids is 2. The maximum Gasteiger partial charge on any atom is 0.313 e. The van der Waals surface area contributed by atoms with Gasteiger partial charge in [-0.05, 0) is 30.3 Å². The third kappa shape index (κ3) is 3.90. The number of halogens is 1. The Bertz CT molecular complexity index is 736. The SMILES string of the molecule is N#Cc1ccc(NC(=O)C(=O)NCc2ccccc2F)cc1. The topological polar surface area (TPSA) is 82.0 Å². The molecule has 0 saturated carbocycles. The van der Waals surface area contributed by atoms with Crippen molar-refractivity contribution in [3.05, 3.63) is 65.5 Å². The lowest BCUT2D eigenvalue weighted by Crippen LogP contribution is -2.35. The molecule has 110 valence electrons. The minimum atomic E-state index is -0.868. The molecule has 0 heterocycles. The highest BCUT2D eigenvalue weighted by atomic mass is 19.1. The number of nitrogens with zero attached hydrogens (tertiary/aromatic N) is 1. The number of anilines is 1. The minimum absolute atomic E-state index is 0.0771. The highest BCUT2D eigenvalue weighted by Gasteiger charge is 2.14. The van der Waals surface area contributed by atoms with Crippen LogP contribution in [0.15, 0.2) is 48.5 Å². The molecule has 6 heteroatoms. The first-order chi connectivity index (χ1) is 10.6. The van der Waals surface area contributed by atoms with E-state index in [1.165, 1.54) is 42.5 Å². The van der Waals surface area contributed by atoms with Gasteiger partial charge in [0.15, 0.2) is 0 Å². The Labute approximate surface area is 126 Å². The van der Waals surface area contributed by atoms with Gasteiger partial charge in [0.2, 0.25) is 0 Å². The number of amides is 2. The molecule has 0 unspecified atom stereocenters. The highest BCUT2D eigenvalue weighted by molar-refractivity contribution is 6.39. The third-order valence-electron chi connectivity index (χ3n) is 2.88. The summed E-state index contributed by atoms with van der Waals surface area (Å²) in [6.07, 6.45) is 0. The first-order valence-electron chi connectivity index (χ1n) is 6.43. The summed E-state index contributed by atoms with van der Waals surface area (Å²) in [5, 5.41) is 13.4. The van der Waals surface area contributed by atoms with Crippen LogP contribution in [0.1, 0.15) is 11.1 Å². The zero-order valence-electron chi connectivity index (χ0n) is 11.5. The molecule has 2 rings (SSSR count). The molecule has 0 radical (unpaired) electrons. The van der Waals surface area contributed by atoms with Crippen LogP contribution in [-0.2, 0) is 16.1 Å². The van der Waals surface area contributed by atoms with Crippen LogP contribution in [0.4, 0.5) is 10.1 Å². The van der Waals surface area contributed by atoms with E-state index in [0.29, 0.717) is 16.8 Å². The minimum Gasteiger partial charge on any atom is -0.344 e. The normalized spacial score (nSPS) is 9.64. The fraction of sp³-hybridized carbons (Fsp3) is 0.0625. The Hall–Kier alpha value is -3.20. The second-order valence-corrected chi connectivity index (χ2v) is 4.42. The number of nitrogens with one attached hydrogen (secondary N) is 2. The molecule has 0 aromatic heterocycles. The summed E-state index contributed by atoms with van der Waals surface area (Å²) >= 11 is 0. The Morgan fingerprint density at radius 3 is 2.36 bits per heavy atom. The molecule has 2 amide bonds. The van der Waals surface area contributed by atoms with E-state index in [0.717, 1.165) is 0 Å². The van der Waals surface area contributed by atoms with Crippen LogP contribution in [0.3, 0.4) is 0 Å². The van der Waals surface area contributed by atoms with Crippen molar-refractivity contribution in [1.82, 2.24) is 5.32 Å². The average Bonchev–Trinajstić information content (AvgIpc) is 2.54. The van der Waals surface area contributed by atoms with Gasteiger partial charge in [-0.25, -0.2) is 4.39 Å². The monoisotopic (exact) mass is 297 g/mol. The van der Waals surface area contributed by atoms with Crippen molar-refractivity contribution in [3.63, 3.8) is 0 Å². The molecule has 0 saturated heterocycles. The Kier molecular flexibility index (Phi) is 4.83. The molecule has 0 bridgehead atoms. The molecule has 22 heavy (non-hydrogen) atoms. The van der Waals surface area contributed by atoms with Crippen LogP contribution in [0, 0.1) is 17.1 Å². The zero-order valence-corrected chi connectivity index (χ0v) is 11.5. The van der Waals surface area contributed by atoms with Gasteiger partial charge >= 0.3 is 11.8 Å². The molecular weight excluding hydrogens is 285 g/mol. The molecule has 0 fully saturated rings. The van der Waals surface area contributed by atoms with Gasteiger partial charge < -0.3 is 10.6 Å². The van der Waals surface area contributed by atoms with E-state index < -0.39 is 17.6 Å². The van der Waals surface area contributed by atoms with Crippen molar-refractivity contribution >= 4 is 17.5 Å². The Morgan fingerprint density at radius 1 is 1.05 bits per heavy atom. The lowest BCUT2D eigenvalue weighted by atomic mass is 10.2. The molecule has 0 spiro atoms. The van der Waals surface area contributed by atoms with E-state index in [-0.39, 0.29) is 6.54 Å². The predicted molar refractivity (Wildman–Crippen MR) is 78.0 cm³/mol. The van der Waals surface area contributed by atoms with Crippen molar-refractivity contribution in [3.8, 4) is 6.07 Å². The predicted octanol–water partition coefficient (Wildman–Crippen LogP) is 1.95. The van der Waals surface area contributed by atoms with Crippen LogP contribution in [-0.4, -0.2) is 11.8 Å². The number of carbonyl (C=O) groups is 2. The second kappa shape index (κ2) is 6.99. The standard InChI is InChI=1S/C16H12FN3O2/c17-14-4-2-1-3-12(14)10-19-15(21)16(22)20-13-7-5-11(9-18)6-8-13/h1-8H,10H2,(H,19,21)(H,20,22). The van der Waals surface area contributed by atoms with Crippen LogP contribution in [0.25, 0.3) is 0 Å². The van der Waals surface area contributed by atoms with E-state index in [1.54, 1.807) is 6.07 Å². The van der Waals surface area contributed by atoms with Gasteiger partial charge in [-0.15, -0.1) is 0 Å². The number of nitriles is 1. The lowest BCUT2D eigenvalue weighted by molar-refractivity contribution is -0.136. The van der Waals surface area contributed by atoms with E-state index in [2.05, 4.69) is 10.6 Å². The molecule has 0 aliphatic carbocycles. The van der Waals surface area contributed by atoms with Gasteiger partial charge in [-0.1, -0.05) is 18.2 Å². The summed E-state index contributed by atoms with van der Waals surface area (Å²) in [7, 11) is 0. The molecule has 2 aromatic carbocycles. The molecule has 0 atom stereocenters. The van der Waals surface area contributed by atoms with Gasteiger partial charge in [0.25, 0.3) is 0 Å². The van der Waals surface area contributed by atoms with E-state index in [4.69, 9.17) is 5.26 Å². The van der Waals surface area contributed by atoms with Crippen molar-refractivity contribution in [2.45, 2.75) is 6.54 Å². The van der Waals surface area contributed by atoms with Crippen molar-refractivity contribution < 1.29 is 14.0 Å². The van der Waals surface area contributed by atoms with Gasteiger partial charge in [-0.3, -0.25) is 9.59 Å². The lowest BCUT2D eigenvalue weighted by Gasteiger charge is -2.07. The van der Waals surface area contributed by atoms with Gasteiger partial charge in [0, 0.05) is 17.8 Å². The zero-order chi connectivity index (χ0) is 15.9. The maximum atomic E-state index is 13.4. The summed E-state index contributed by atoms with van der Waals surface area (Å²) in [5.74, 6) is -2.18. The van der Waals surface area contributed by atoms with Gasteiger partial charge in [0.1, 0.15) is 5.82 Å². The summed E-state index contributed by atoms with van der Waals surface area (Å²) in [6.45, 7) is -0.0771. The van der Waals surface area contributed by atoms with E-state index in [1.807, 2.05) is 6.07 Å². The third-order valence-corrected chi connectivity index (χ3v) is 2.88. The van der Waals surface area contributed by atoms with Crippen LogP contribution < -0.4 is 10.6 Å². The molecular formula is C16H12FN3O2. The van der Waals surface area contributed by atoms with Crippen molar-refractivity contribution in [2.75, 3.05) is 5.32 Å². The molecule has 0 aliphatic rings. The second-order valence-electron chi connectivity index (χ2n) is 4.42. The Morgan fingerprint density at radius 2 is 1.73 bits per heavy atom. The molecule has 2 aromatic rings. The van der Waals surface area contributed by atoms with E-state index >= 15 is 0 Å². The maximum absolute atomic E-state index is 13.4. The summed E-state index contributed by atoms with van der Waals surface area (Å²) in [5.41, 5.74) is 1.13. The van der Waals surface area contributed by atoms with Crippen molar-refractivity contribution in [2.24, 2.45) is 0 Å². The number of hydrogen-bond acceptors (Lipinski definition) is 3. The highest BCUT2D eigenvalue weighted by Crippen LogP contribution is 2.09. The smallest absolute Gasteiger partial charge is 0.313 e. The molecule has 2 N–H and O–H groups in total. The fourth-order valence-corrected chi connectivity index (χ4v) is 1.71. The molecule has 0 aliphatic heterocycles. The number of hydrogen-bond donors (Lipinski definition) is 2. The largest absolute Gasteiger partial charge is 0.344 e. The van der Waals surface area contributed by atoms with Gasteiger partial charge in [0.05, 0.1) is 11.6 Å². The number of rotatable bonds is 3. The number of benzene rings is 2. The summed E-state index contributed by atoms with van der Waals surface area (Å²) in [6, 6.07) is 14.0. The summed E-state index contributed by atoms with van der Waals surface area (Å²) < 4.78 is 13.4. The van der Waals surface area contributed by atoms with Gasteiger partial charge in [-0.2, -0.15) is 5.26 Å². The fourth-order valence-electron chi connectivity index (χ4n) is 1.71. The first-order valence-corrected chi connectivity index (χ1v) is 6.43. The van der Waals surface area contributed by atoms with Crippen LogP contribution in [0.2, 0.25) is 0 Å². The van der Waals surface area contributed by atoms with E-state index in [9.17, 15) is 14.0 Å². The summed E-state index contributed by atoms with van der Waals surface area (Å²) in [4.78, 5) is 23.3. The molecule has 5 nitrogen and oxygen atoms in total. The quantitative estimate of drug-likeness (QED) is 0.850. The Balaban J connectivity index is 1.91. The van der Waals surface area contributed by atoms with Crippen molar-refractivity contribution in [1.29, 1.82) is 5.26 Å². The average molecular weight is 297 g/mol. The first kappa shape index (κ1) is 15.2. The van der Waals surface area contributed by atoms with Crippen LogP contribution in [0.5, 0.6) is 0 Å². The van der Waals surface area contributed by atoms with Crippen LogP contribution >= 0.6 is 0 Å².